The minimum absolute atomic E-state index is 0.000518. The van der Waals surface area contributed by atoms with Crippen molar-refractivity contribution in [2.75, 3.05) is 13.2 Å². The Morgan fingerprint density at radius 2 is 2.00 bits per heavy atom. The predicted octanol–water partition coefficient (Wildman–Crippen LogP) is 1.04. The lowest BCUT2D eigenvalue weighted by Crippen LogP contribution is -2.41. The molecule has 5 nitrogen and oxygen atoms in total. The molecule has 0 aromatic carbocycles. The zero-order valence-electron chi connectivity index (χ0n) is 9.82. The summed E-state index contributed by atoms with van der Waals surface area (Å²) in [5.41, 5.74) is 0. The van der Waals surface area contributed by atoms with Gasteiger partial charge < -0.3 is 10.1 Å². The second-order valence-corrected chi connectivity index (χ2v) is 3.74. The van der Waals surface area contributed by atoms with E-state index < -0.39 is 6.10 Å². The summed E-state index contributed by atoms with van der Waals surface area (Å²) in [6.07, 6.45) is -0.418. The highest BCUT2D eigenvalue weighted by atomic mass is 17.1. The van der Waals surface area contributed by atoms with Gasteiger partial charge in [0.25, 0.3) is 0 Å². The fraction of sp³-hybridized carbons (Fsp3) is 0.900. The van der Waals surface area contributed by atoms with Crippen molar-refractivity contribution in [3.8, 4) is 0 Å². The molecule has 0 bridgehead atoms. The van der Waals surface area contributed by atoms with Crippen molar-refractivity contribution in [1.29, 1.82) is 0 Å². The van der Waals surface area contributed by atoms with Crippen molar-refractivity contribution < 1.29 is 19.7 Å². The van der Waals surface area contributed by atoms with Crippen LogP contribution in [0.1, 0.15) is 27.7 Å². The van der Waals surface area contributed by atoms with Crippen LogP contribution in [0.25, 0.3) is 0 Å². The minimum atomic E-state index is -0.418. The molecule has 0 aliphatic rings. The number of rotatable bonds is 7. The largest absolute Gasteiger partial charge is 0.375 e. The van der Waals surface area contributed by atoms with Crippen molar-refractivity contribution in [2.24, 2.45) is 5.92 Å². The molecule has 0 aromatic rings. The molecule has 0 aliphatic heterocycles. The molecule has 0 aliphatic carbocycles. The highest BCUT2D eigenvalue weighted by Crippen LogP contribution is 2.08. The van der Waals surface area contributed by atoms with E-state index in [1.54, 1.807) is 6.92 Å². The number of nitrogens with one attached hydrogen (secondary N) is 1. The molecule has 0 aromatic heterocycles. The number of amides is 1. The van der Waals surface area contributed by atoms with Gasteiger partial charge in [-0.15, -0.1) is 0 Å². The summed E-state index contributed by atoms with van der Waals surface area (Å²) in [5.74, 6) is -0.444. The molecule has 90 valence electrons. The van der Waals surface area contributed by atoms with Gasteiger partial charge in [0.2, 0.25) is 5.91 Å². The SMILES string of the molecule is CCOC(COO)C(C)C(=O)NC(C)C. The molecular formula is C10H21NO4. The Balaban J connectivity index is 4.20. The van der Waals surface area contributed by atoms with Gasteiger partial charge in [0.1, 0.15) is 6.61 Å². The standard InChI is InChI=1S/C10H21NO4/c1-5-14-9(6-15-13)8(4)10(12)11-7(2)3/h7-9,13H,5-6H2,1-4H3,(H,11,12). The number of carbonyl (C=O) groups is 1. The zero-order valence-corrected chi connectivity index (χ0v) is 9.82. The molecule has 5 heteroatoms. The van der Waals surface area contributed by atoms with Crippen molar-refractivity contribution >= 4 is 5.91 Å². The second kappa shape index (κ2) is 7.62. The summed E-state index contributed by atoms with van der Waals surface area (Å²) in [7, 11) is 0. The first-order valence-electron chi connectivity index (χ1n) is 5.21. The molecule has 2 N–H and O–H groups in total. The molecule has 0 fully saturated rings. The van der Waals surface area contributed by atoms with Gasteiger partial charge in [-0.05, 0) is 20.8 Å². The normalized spacial score (nSPS) is 15.1. The van der Waals surface area contributed by atoms with Gasteiger partial charge in [-0.25, -0.2) is 4.89 Å². The predicted molar refractivity (Wildman–Crippen MR) is 56.4 cm³/mol. The van der Waals surface area contributed by atoms with Crippen molar-refractivity contribution in [1.82, 2.24) is 5.32 Å². The third kappa shape index (κ3) is 5.71. The van der Waals surface area contributed by atoms with E-state index in [2.05, 4.69) is 10.2 Å². The number of hydrogen-bond donors (Lipinski definition) is 2. The fourth-order valence-electron chi connectivity index (χ4n) is 1.21. The molecule has 0 rings (SSSR count). The van der Waals surface area contributed by atoms with E-state index in [0.717, 1.165) is 0 Å². The third-order valence-corrected chi connectivity index (χ3v) is 2.02. The Hall–Kier alpha value is -0.650. The zero-order chi connectivity index (χ0) is 11.8. The highest BCUT2D eigenvalue weighted by Gasteiger charge is 2.25. The van der Waals surface area contributed by atoms with Crippen LogP contribution in [0.4, 0.5) is 0 Å². The first-order valence-corrected chi connectivity index (χ1v) is 5.21. The molecule has 0 heterocycles. The molecular weight excluding hydrogens is 198 g/mol. The van der Waals surface area contributed by atoms with E-state index in [0.29, 0.717) is 6.61 Å². The topological polar surface area (TPSA) is 67.8 Å². The summed E-state index contributed by atoms with van der Waals surface area (Å²) in [4.78, 5) is 15.6. The molecule has 0 saturated carbocycles. The Bertz CT molecular complexity index is 178. The van der Waals surface area contributed by atoms with Gasteiger partial charge in [0, 0.05) is 12.6 Å². The lowest BCUT2D eigenvalue weighted by Gasteiger charge is -2.22. The quantitative estimate of drug-likeness (QED) is 0.496. The maximum absolute atomic E-state index is 11.6. The summed E-state index contributed by atoms with van der Waals surface area (Å²) >= 11 is 0. The van der Waals surface area contributed by atoms with Crippen LogP contribution in [0.15, 0.2) is 0 Å². The van der Waals surface area contributed by atoms with Gasteiger partial charge in [0.15, 0.2) is 0 Å². The number of hydrogen-bond acceptors (Lipinski definition) is 4. The summed E-state index contributed by atoms with van der Waals surface area (Å²) in [6, 6.07) is 0.0947. The highest BCUT2D eigenvalue weighted by molar-refractivity contribution is 5.79. The van der Waals surface area contributed by atoms with E-state index in [4.69, 9.17) is 9.99 Å². The molecule has 0 radical (unpaired) electrons. The maximum atomic E-state index is 11.6. The number of ether oxygens (including phenoxy) is 1. The number of carbonyl (C=O) groups excluding carboxylic acids is 1. The van der Waals surface area contributed by atoms with Crippen LogP contribution in [0, 0.1) is 5.92 Å². The Morgan fingerprint density at radius 3 is 2.40 bits per heavy atom. The van der Waals surface area contributed by atoms with Gasteiger partial charge in [0.05, 0.1) is 12.0 Å². The van der Waals surface area contributed by atoms with E-state index in [1.807, 2.05) is 20.8 Å². The summed E-state index contributed by atoms with van der Waals surface area (Å²) in [5, 5.41) is 11.1. The second-order valence-electron chi connectivity index (χ2n) is 3.74. The average Bonchev–Trinajstić information content (AvgIpc) is 2.15. The average molecular weight is 219 g/mol. The van der Waals surface area contributed by atoms with Crippen LogP contribution in [0.5, 0.6) is 0 Å². The lowest BCUT2D eigenvalue weighted by molar-refractivity contribution is -0.263. The molecule has 2 unspecified atom stereocenters. The Kier molecular flexibility index (Phi) is 7.29. The van der Waals surface area contributed by atoms with Crippen molar-refractivity contribution in [3.63, 3.8) is 0 Å². The van der Waals surface area contributed by atoms with Gasteiger partial charge in [-0.1, -0.05) is 6.92 Å². The maximum Gasteiger partial charge on any atom is 0.225 e. The van der Waals surface area contributed by atoms with Gasteiger partial charge in [-0.3, -0.25) is 10.1 Å². The first kappa shape index (κ1) is 14.3. The third-order valence-electron chi connectivity index (χ3n) is 2.02. The van der Waals surface area contributed by atoms with E-state index in [9.17, 15) is 4.79 Å². The lowest BCUT2D eigenvalue weighted by atomic mass is 10.0. The molecule has 15 heavy (non-hydrogen) atoms. The van der Waals surface area contributed by atoms with E-state index in [1.165, 1.54) is 0 Å². The van der Waals surface area contributed by atoms with Crippen LogP contribution in [-0.2, 0) is 14.4 Å². The fourth-order valence-corrected chi connectivity index (χ4v) is 1.21. The van der Waals surface area contributed by atoms with E-state index in [-0.39, 0.29) is 24.5 Å². The smallest absolute Gasteiger partial charge is 0.225 e. The van der Waals surface area contributed by atoms with Crippen molar-refractivity contribution in [2.45, 2.75) is 39.8 Å². The van der Waals surface area contributed by atoms with E-state index >= 15 is 0 Å². The molecule has 0 spiro atoms. The Morgan fingerprint density at radius 1 is 1.40 bits per heavy atom. The van der Waals surface area contributed by atoms with Crippen LogP contribution < -0.4 is 5.32 Å². The van der Waals surface area contributed by atoms with Crippen LogP contribution >= 0.6 is 0 Å². The van der Waals surface area contributed by atoms with Crippen molar-refractivity contribution in [3.05, 3.63) is 0 Å². The van der Waals surface area contributed by atoms with Crippen LogP contribution in [0.2, 0.25) is 0 Å². The van der Waals surface area contributed by atoms with Gasteiger partial charge in [-0.2, -0.15) is 0 Å². The summed E-state index contributed by atoms with van der Waals surface area (Å²) in [6.45, 7) is 7.84. The molecule has 0 saturated heterocycles. The minimum Gasteiger partial charge on any atom is -0.375 e. The summed E-state index contributed by atoms with van der Waals surface area (Å²) < 4.78 is 5.30. The van der Waals surface area contributed by atoms with Crippen LogP contribution in [0.3, 0.4) is 0 Å². The molecule has 1 amide bonds. The van der Waals surface area contributed by atoms with Gasteiger partial charge >= 0.3 is 0 Å². The monoisotopic (exact) mass is 219 g/mol. The van der Waals surface area contributed by atoms with Crippen LogP contribution in [-0.4, -0.2) is 36.5 Å². The molecule has 2 atom stereocenters. The first-order chi connectivity index (χ1) is 7.02. The Labute approximate surface area is 90.7 Å².